The highest BCUT2D eigenvalue weighted by molar-refractivity contribution is 6.25. The van der Waals surface area contributed by atoms with Crippen molar-refractivity contribution in [1.82, 2.24) is 38.2 Å². The van der Waals surface area contributed by atoms with Gasteiger partial charge >= 0.3 is 0 Å². The van der Waals surface area contributed by atoms with Crippen molar-refractivity contribution in [1.29, 1.82) is 0 Å². The molecule has 8 heteroatoms. The molecule has 0 spiro atoms. The first-order valence-electron chi connectivity index (χ1n) is 39.5. The molecule has 0 bridgehead atoms. The molecule has 2 aliphatic carbocycles. The highest BCUT2D eigenvalue weighted by Crippen LogP contribution is 2.56. The Kier molecular flexibility index (Phi) is 12.8. The molecule has 17 aromatic carbocycles. The molecular formula is C106H68N8. The second-order valence-corrected chi connectivity index (χ2v) is 32.3. The lowest BCUT2D eigenvalue weighted by Gasteiger charge is -2.22. The molecular weight excluding hydrogens is 1390 g/mol. The van der Waals surface area contributed by atoms with Crippen LogP contribution in [0.3, 0.4) is 0 Å². The lowest BCUT2D eigenvalue weighted by molar-refractivity contribution is 0.660. The van der Waals surface area contributed by atoms with E-state index in [1.54, 1.807) is 0 Å². The average Bonchev–Trinajstić information content (AvgIpc) is 1.55. The summed E-state index contributed by atoms with van der Waals surface area (Å²) in [5.41, 5.74) is 29.6. The van der Waals surface area contributed by atoms with E-state index in [1.165, 1.54) is 93.0 Å². The van der Waals surface area contributed by atoms with E-state index in [4.69, 9.17) is 19.9 Å². The van der Waals surface area contributed by atoms with Crippen LogP contribution in [0.1, 0.15) is 49.9 Å². The lowest BCUT2D eigenvalue weighted by atomic mass is 9.81. The molecule has 532 valence electrons. The molecule has 0 radical (unpaired) electrons. The monoisotopic (exact) mass is 1450 g/mol. The van der Waals surface area contributed by atoms with Gasteiger partial charge in [0.1, 0.15) is 11.4 Å². The number of fused-ring (bicyclic) bond motifs is 26. The Morgan fingerprint density at radius 1 is 0.219 bits per heavy atom. The second-order valence-electron chi connectivity index (χ2n) is 32.3. The van der Waals surface area contributed by atoms with E-state index in [0.29, 0.717) is 0 Å². The number of nitrogens with zero attached hydrogens (tertiary/aromatic N) is 8. The zero-order valence-corrected chi connectivity index (χ0v) is 62.9. The topological polar surface area (TPSA) is 71.3 Å². The van der Waals surface area contributed by atoms with Crippen molar-refractivity contribution in [3.8, 4) is 78.9 Å². The summed E-state index contributed by atoms with van der Waals surface area (Å²) in [7, 11) is 0. The number of rotatable bonds is 7. The Morgan fingerprint density at radius 3 is 1.14 bits per heavy atom. The Labute approximate surface area is 655 Å². The minimum absolute atomic E-state index is 0.224. The van der Waals surface area contributed by atoms with Crippen LogP contribution >= 0.6 is 0 Å². The van der Waals surface area contributed by atoms with Gasteiger partial charge in [0.25, 0.3) is 0 Å². The molecule has 6 heterocycles. The molecule has 0 unspecified atom stereocenters. The van der Waals surface area contributed by atoms with E-state index < -0.39 is 5.41 Å². The van der Waals surface area contributed by atoms with Crippen molar-refractivity contribution >= 4 is 142 Å². The number of aromatic nitrogens is 8. The third-order valence-corrected chi connectivity index (χ3v) is 25.7. The van der Waals surface area contributed by atoms with Crippen LogP contribution in [0.5, 0.6) is 0 Å². The predicted octanol–water partition coefficient (Wildman–Crippen LogP) is 27.0. The summed E-state index contributed by atoms with van der Waals surface area (Å²) in [6.45, 7) is 9.50. The third-order valence-electron chi connectivity index (χ3n) is 25.7. The zero-order valence-electron chi connectivity index (χ0n) is 62.9. The first kappa shape index (κ1) is 63.2. The van der Waals surface area contributed by atoms with Crippen molar-refractivity contribution in [3.63, 3.8) is 0 Å². The van der Waals surface area contributed by atoms with Crippen LogP contribution in [-0.2, 0) is 10.8 Å². The minimum Gasteiger partial charge on any atom is -0.309 e. The number of para-hydroxylation sites is 7. The van der Waals surface area contributed by atoms with E-state index in [9.17, 15) is 0 Å². The van der Waals surface area contributed by atoms with Crippen LogP contribution in [0.25, 0.3) is 221 Å². The highest BCUT2D eigenvalue weighted by Gasteiger charge is 2.40. The van der Waals surface area contributed by atoms with Gasteiger partial charge in [-0.05, 0) is 185 Å². The summed E-state index contributed by atoms with van der Waals surface area (Å²) in [5.74, 6) is 1.56. The van der Waals surface area contributed by atoms with Crippen molar-refractivity contribution in [2.75, 3.05) is 0 Å². The number of hydrogen-bond donors (Lipinski definition) is 0. The molecule has 0 aliphatic heterocycles. The van der Waals surface area contributed by atoms with Gasteiger partial charge in [-0.3, -0.25) is 9.13 Å². The van der Waals surface area contributed by atoms with E-state index in [0.717, 1.165) is 150 Å². The summed E-state index contributed by atoms with van der Waals surface area (Å²) in [6, 6.07) is 125. The van der Waals surface area contributed by atoms with Gasteiger partial charge in [0, 0.05) is 76.4 Å². The molecule has 0 atom stereocenters. The van der Waals surface area contributed by atoms with Crippen LogP contribution < -0.4 is 0 Å². The van der Waals surface area contributed by atoms with Crippen LogP contribution in [0, 0.1) is 0 Å². The van der Waals surface area contributed by atoms with Gasteiger partial charge in [0.05, 0.1) is 66.2 Å². The van der Waals surface area contributed by atoms with Gasteiger partial charge in [0.2, 0.25) is 0 Å². The molecule has 114 heavy (non-hydrogen) atoms. The van der Waals surface area contributed by atoms with Gasteiger partial charge in [0.15, 0.2) is 11.6 Å². The molecule has 0 N–H and O–H groups in total. The SMILES string of the molecule is CC1(C)c2ccccc2-c2c(-c3nc4ccccc4nc3-n3c4cc(-n5c6ccccc6c6ccccc65)ccc4c4c5cc(-c6ccc7c(c6)C(C)(C)c6cccc(-c8nc9ccccc9nc8-n8c9cc(-n%10c%11ccccc%11c%11c%12ccccc%12ccc%11%10)ccc9c9c%10ccccc%10ccc98)c6-7)ccc5ccc43)cccc21. The highest BCUT2D eigenvalue weighted by atomic mass is 15.1. The Balaban J connectivity index is 0.690. The standard InChI is InChI=1S/C106H68N8/c1-105(2)80-33-13-9-29-72(80)96-77(31-21-34-81(96)105)101-104(110-87-39-17-14-36-84(87)107-101)114-93-56-48-63-43-44-64(57-79(63)100(93)76-53-49-66(59-95(76)114)111-88-40-18-10-27-70(88)71-28-11-19-41-89(71)111)65-45-51-73-83(58-65)106(3,4)82-35-22-32-78(97(73)82)102-103(109-86-38-16-15-37-85(86)108-102)113-92-55-47-62-24-6-8-26-69(62)99(92)75-52-50-67(60-94(75)113)112-90-42-20-12-30-74(90)98-68-25-7-5-23-61(68)46-54-91(98)112/h5-60H,1-4H3. The van der Waals surface area contributed by atoms with E-state index in [-0.39, 0.29) is 5.41 Å². The third kappa shape index (κ3) is 8.60. The van der Waals surface area contributed by atoms with Crippen molar-refractivity contribution < 1.29 is 0 Å². The molecule has 8 nitrogen and oxygen atoms in total. The Morgan fingerprint density at radius 2 is 0.588 bits per heavy atom. The lowest BCUT2D eigenvalue weighted by Crippen LogP contribution is -2.15. The Bertz CT molecular complexity index is 8210. The van der Waals surface area contributed by atoms with Gasteiger partial charge in [-0.25, -0.2) is 19.9 Å². The summed E-state index contributed by atoms with van der Waals surface area (Å²) < 4.78 is 9.74. The first-order chi connectivity index (χ1) is 56.1. The van der Waals surface area contributed by atoms with Crippen molar-refractivity contribution in [2.24, 2.45) is 0 Å². The summed E-state index contributed by atoms with van der Waals surface area (Å²) >= 11 is 0. The van der Waals surface area contributed by atoms with Gasteiger partial charge in [-0.1, -0.05) is 270 Å². The van der Waals surface area contributed by atoms with Crippen LogP contribution in [0.4, 0.5) is 0 Å². The fourth-order valence-electron chi connectivity index (χ4n) is 20.5. The fourth-order valence-corrected chi connectivity index (χ4v) is 20.5. The summed E-state index contributed by atoms with van der Waals surface area (Å²) in [4.78, 5) is 23.2. The molecule has 0 amide bonds. The quantitative estimate of drug-likeness (QED) is 0.159. The van der Waals surface area contributed by atoms with Crippen LogP contribution in [0.2, 0.25) is 0 Å². The van der Waals surface area contributed by atoms with Crippen LogP contribution in [0.15, 0.2) is 340 Å². The first-order valence-corrected chi connectivity index (χ1v) is 39.5. The van der Waals surface area contributed by atoms with E-state index in [1.807, 2.05) is 0 Å². The molecule has 0 saturated heterocycles. The molecule has 0 saturated carbocycles. The smallest absolute Gasteiger partial charge is 0.165 e. The van der Waals surface area contributed by atoms with Crippen molar-refractivity contribution in [3.05, 3.63) is 362 Å². The Hall–Kier alpha value is -14.6. The molecule has 23 aromatic rings. The summed E-state index contributed by atoms with van der Waals surface area (Å²) in [5, 5.41) is 16.7. The maximum Gasteiger partial charge on any atom is 0.165 e. The average molecular weight is 1450 g/mol. The van der Waals surface area contributed by atoms with Gasteiger partial charge in [-0.15, -0.1) is 0 Å². The van der Waals surface area contributed by atoms with Gasteiger partial charge in [-0.2, -0.15) is 0 Å². The second kappa shape index (κ2) is 23.0. The number of hydrogen-bond acceptors (Lipinski definition) is 4. The van der Waals surface area contributed by atoms with E-state index in [2.05, 4.69) is 386 Å². The largest absolute Gasteiger partial charge is 0.309 e. The van der Waals surface area contributed by atoms with Crippen molar-refractivity contribution in [2.45, 2.75) is 38.5 Å². The molecule has 6 aromatic heterocycles. The maximum absolute atomic E-state index is 5.83. The van der Waals surface area contributed by atoms with Crippen LogP contribution in [-0.4, -0.2) is 38.2 Å². The van der Waals surface area contributed by atoms with E-state index >= 15 is 0 Å². The number of benzene rings is 17. The zero-order chi connectivity index (χ0) is 75.1. The fraction of sp³-hybridized carbons (Fsp3) is 0.0566. The minimum atomic E-state index is -0.406. The molecule has 25 rings (SSSR count). The normalized spacial score (nSPS) is 13.6. The van der Waals surface area contributed by atoms with Gasteiger partial charge < -0.3 is 9.13 Å². The maximum atomic E-state index is 5.83. The molecule has 2 aliphatic rings. The predicted molar refractivity (Wildman–Crippen MR) is 474 cm³/mol. The molecule has 0 fully saturated rings. The summed E-state index contributed by atoms with van der Waals surface area (Å²) in [6.07, 6.45) is 0.